The van der Waals surface area contributed by atoms with Crippen LogP contribution in [0.1, 0.15) is 58.3 Å². The molecule has 0 unspecified atom stereocenters. The van der Waals surface area contributed by atoms with Gasteiger partial charge in [0.05, 0.1) is 5.75 Å². The van der Waals surface area contributed by atoms with E-state index >= 15 is 0 Å². The average molecular weight is 319 g/mol. The Bertz CT molecular complexity index is 466. The van der Waals surface area contributed by atoms with Crippen LogP contribution in [-0.2, 0) is 19.4 Å². The summed E-state index contributed by atoms with van der Waals surface area (Å²) in [5, 5.41) is 11.8. The predicted molar refractivity (Wildman–Crippen MR) is 79.8 cm³/mol. The molecule has 0 aromatic rings. The molecule has 6 nitrogen and oxygen atoms in total. The zero-order chi connectivity index (χ0) is 15.9. The number of aliphatic carboxylic acids is 1. The van der Waals surface area contributed by atoms with Gasteiger partial charge in [-0.15, -0.1) is 0 Å². The van der Waals surface area contributed by atoms with Crippen molar-refractivity contribution in [3.63, 3.8) is 0 Å². The first-order chi connectivity index (χ1) is 9.81. The Hall–Kier alpha value is -1.11. The quantitative estimate of drug-likeness (QED) is 0.660. The minimum absolute atomic E-state index is 0.0195. The first-order valence-corrected chi connectivity index (χ1v) is 9.38. The molecular formula is C14H25NO5S. The van der Waals surface area contributed by atoms with E-state index in [1.807, 2.05) is 6.92 Å². The Labute approximate surface area is 126 Å². The van der Waals surface area contributed by atoms with Crippen LogP contribution >= 0.6 is 0 Å². The highest BCUT2D eigenvalue weighted by molar-refractivity contribution is 7.92. The molecule has 1 saturated carbocycles. The van der Waals surface area contributed by atoms with Crippen LogP contribution in [0.2, 0.25) is 0 Å². The van der Waals surface area contributed by atoms with Crippen LogP contribution in [0.25, 0.3) is 0 Å². The van der Waals surface area contributed by atoms with Gasteiger partial charge in [-0.3, -0.25) is 4.79 Å². The molecule has 7 heteroatoms. The number of carboxylic acids is 1. The van der Waals surface area contributed by atoms with Crippen LogP contribution in [0.5, 0.6) is 0 Å². The van der Waals surface area contributed by atoms with Gasteiger partial charge in [-0.05, 0) is 19.3 Å². The van der Waals surface area contributed by atoms with E-state index in [4.69, 9.17) is 0 Å². The number of sulfone groups is 1. The number of hydrogen-bond acceptors (Lipinski definition) is 4. The number of carboxylic acid groups (broad SMARTS) is 1. The topological polar surface area (TPSA) is 101 Å². The zero-order valence-corrected chi connectivity index (χ0v) is 13.4. The second kappa shape index (κ2) is 7.77. The Morgan fingerprint density at radius 2 is 1.76 bits per heavy atom. The van der Waals surface area contributed by atoms with Gasteiger partial charge in [-0.2, -0.15) is 0 Å². The average Bonchev–Trinajstić information content (AvgIpc) is 2.38. The standard InChI is InChI=1S/C14H25NO5S/c1-2-3-7-10-21(19,20)11-12(16)15-14(13(17)18)8-5-4-6-9-14/h2-11H2,1H3,(H,15,16)(H,17,18). The summed E-state index contributed by atoms with van der Waals surface area (Å²) in [6.07, 6.45) is 5.39. The fraction of sp³-hybridized carbons (Fsp3) is 0.857. The van der Waals surface area contributed by atoms with Gasteiger partial charge in [0.2, 0.25) is 5.91 Å². The first-order valence-electron chi connectivity index (χ1n) is 7.56. The highest BCUT2D eigenvalue weighted by Gasteiger charge is 2.41. The zero-order valence-electron chi connectivity index (χ0n) is 12.6. The summed E-state index contributed by atoms with van der Waals surface area (Å²) in [7, 11) is -3.46. The van der Waals surface area contributed by atoms with Crippen molar-refractivity contribution < 1.29 is 23.1 Å². The van der Waals surface area contributed by atoms with Crippen LogP contribution < -0.4 is 5.32 Å². The Kier molecular flexibility index (Phi) is 6.64. The Morgan fingerprint density at radius 1 is 1.14 bits per heavy atom. The lowest BCUT2D eigenvalue weighted by Gasteiger charge is -2.33. The van der Waals surface area contributed by atoms with Gasteiger partial charge in [0.1, 0.15) is 11.3 Å². The SMILES string of the molecule is CCCCCS(=O)(=O)CC(=O)NC1(C(=O)O)CCCCC1. The van der Waals surface area contributed by atoms with Crippen LogP contribution in [0.15, 0.2) is 0 Å². The summed E-state index contributed by atoms with van der Waals surface area (Å²) in [4.78, 5) is 23.3. The molecule has 0 heterocycles. The van der Waals surface area contributed by atoms with Crippen molar-refractivity contribution in [1.82, 2.24) is 5.32 Å². The molecule has 0 bridgehead atoms. The molecule has 1 fully saturated rings. The van der Waals surface area contributed by atoms with Gasteiger partial charge >= 0.3 is 5.97 Å². The van der Waals surface area contributed by atoms with E-state index in [-0.39, 0.29) is 5.75 Å². The van der Waals surface area contributed by atoms with E-state index in [2.05, 4.69) is 5.32 Å². The lowest BCUT2D eigenvalue weighted by atomic mass is 9.81. The largest absolute Gasteiger partial charge is 0.480 e. The molecule has 1 aliphatic rings. The molecule has 0 aromatic carbocycles. The molecule has 0 aliphatic heterocycles. The van der Waals surface area contributed by atoms with Crippen LogP contribution in [0, 0.1) is 0 Å². The number of carbonyl (C=O) groups is 2. The van der Waals surface area contributed by atoms with Crippen molar-refractivity contribution in [2.24, 2.45) is 0 Å². The molecule has 122 valence electrons. The number of amides is 1. The molecule has 0 radical (unpaired) electrons. The maximum absolute atomic E-state index is 11.9. The molecule has 2 N–H and O–H groups in total. The van der Waals surface area contributed by atoms with E-state index in [1.165, 1.54) is 0 Å². The minimum Gasteiger partial charge on any atom is -0.480 e. The van der Waals surface area contributed by atoms with Crippen LogP contribution in [0.4, 0.5) is 0 Å². The molecule has 1 rings (SSSR count). The summed E-state index contributed by atoms with van der Waals surface area (Å²) < 4.78 is 23.6. The van der Waals surface area contributed by atoms with Crippen molar-refractivity contribution in [3.05, 3.63) is 0 Å². The number of rotatable bonds is 8. The number of nitrogens with one attached hydrogen (secondary N) is 1. The van der Waals surface area contributed by atoms with Crippen molar-refractivity contribution in [3.8, 4) is 0 Å². The predicted octanol–water partition coefficient (Wildman–Crippen LogP) is 1.50. The fourth-order valence-electron chi connectivity index (χ4n) is 2.69. The Morgan fingerprint density at radius 3 is 2.29 bits per heavy atom. The van der Waals surface area contributed by atoms with E-state index in [9.17, 15) is 23.1 Å². The maximum Gasteiger partial charge on any atom is 0.329 e. The summed E-state index contributed by atoms with van der Waals surface area (Å²) in [6, 6.07) is 0. The number of unbranched alkanes of at least 4 members (excludes halogenated alkanes) is 2. The van der Waals surface area contributed by atoms with Gasteiger partial charge in [0.15, 0.2) is 9.84 Å². The second-order valence-corrected chi connectivity index (χ2v) is 7.98. The van der Waals surface area contributed by atoms with E-state index in [0.29, 0.717) is 19.3 Å². The van der Waals surface area contributed by atoms with E-state index in [1.54, 1.807) is 0 Å². The third kappa shape index (κ3) is 5.65. The minimum atomic E-state index is -3.46. The highest BCUT2D eigenvalue weighted by atomic mass is 32.2. The van der Waals surface area contributed by atoms with Crippen LogP contribution in [-0.4, -0.2) is 42.4 Å². The highest BCUT2D eigenvalue weighted by Crippen LogP contribution is 2.28. The van der Waals surface area contributed by atoms with Crippen molar-refractivity contribution in [2.75, 3.05) is 11.5 Å². The third-order valence-corrected chi connectivity index (χ3v) is 5.52. The molecular weight excluding hydrogens is 294 g/mol. The van der Waals surface area contributed by atoms with Crippen molar-refractivity contribution in [1.29, 1.82) is 0 Å². The number of carbonyl (C=O) groups excluding carboxylic acids is 1. The van der Waals surface area contributed by atoms with E-state index < -0.39 is 33.0 Å². The summed E-state index contributed by atoms with van der Waals surface area (Å²) in [5.74, 6) is -2.41. The summed E-state index contributed by atoms with van der Waals surface area (Å²) in [5.41, 5.74) is -1.28. The van der Waals surface area contributed by atoms with E-state index in [0.717, 1.165) is 32.1 Å². The van der Waals surface area contributed by atoms with Gasteiger partial charge in [0, 0.05) is 0 Å². The first kappa shape index (κ1) is 17.9. The molecule has 1 aliphatic carbocycles. The van der Waals surface area contributed by atoms with Gasteiger partial charge in [-0.25, -0.2) is 13.2 Å². The van der Waals surface area contributed by atoms with Crippen LogP contribution in [0.3, 0.4) is 0 Å². The molecule has 0 spiro atoms. The lowest BCUT2D eigenvalue weighted by molar-refractivity contribution is -0.148. The molecule has 0 aromatic heterocycles. The molecule has 21 heavy (non-hydrogen) atoms. The van der Waals surface area contributed by atoms with Gasteiger partial charge in [-0.1, -0.05) is 39.0 Å². The third-order valence-electron chi connectivity index (χ3n) is 3.91. The Balaban J connectivity index is 2.60. The van der Waals surface area contributed by atoms with Gasteiger partial charge < -0.3 is 10.4 Å². The van der Waals surface area contributed by atoms with Crippen molar-refractivity contribution >= 4 is 21.7 Å². The maximum atomic E-state index is 11.9. The summed E-state index contributed by atoms with van der Waals surface area (Å²) in [6.45, 7) is 1.97. The van der Waals surface area contributed by atoms with Gasteiger partial charge in [0.25, 0.3) is 0 Å². The smallest absolute Gasteiger partial charge is 0.329 e. The molecule has 1 amide bonds. The molecule has 0 saturated heterocycles. The fourth-order valence-corrected chi connectivity index (χ4v) is 3.95. The molecule has 0 atom stereocenters. The second-order valence-electron chi connectivity index (χ2n) is 5.80. The normalized spacial score (nSPS) is 18.1. The number of hydrogen-bond donors (Lipinski definition) is 2. The van der Waals surface area contributed by atoms with Crippen molar-refractivity contribution in [2.45, 2.75) is 63.8 Å². The monoisotopic (exact) mass is 319 g/mol. The lowest BCUT2D eigenvalue weighted by Crippen LogP contribution is -2.56. The summed E-state index contributed by atoms with van der Waals surface area (Å²) >= 11 is 0.